The highest BCUT2D eigenvalue weighted by Crippen LogP contribution is 2.29. The zero-order valence-electron chi connectivity index (χ0n) is 15.0. The number of nitrogens with zero attached hydrogens (tertiary/aromatic N) is 3. The average Bonchev–Trinajstić information content (AvgIpc) is 2.89. The largest absolute Gasteiger partial charge is 0.264 e. The van der Waals surface area contributed by atoms with Gasteiger partial charge in [-0.15, -0.1) is 0 Å². The minimum atomic E-state index is -3.48. The predicted molar refractivity (Wildman–Crippen MR) is 94.4 cm³/mol. The maximum Gasteiger partial charge on any atom is 0.243 e. The molecule has 0 N–H and O–H groups in total. The summed E-state index contributed by atoms with van der Waals surface area (Å²) in [5, 5.41) is 4.48. The van der Waals surface area contributed by atoms with Crippen molar-refractivity contribution >= 4 is 10.0 Å². The SMILES string of the molecule is Cc1ccc(S(=O)(=O)N2CCc3c(cnn3C(C)(C)C)C2)c(C)c1. The molecule has 0 amide bonds. The molecule has 24 heavy (non-hydrogen) atoms. The summed E-state index contributed by atoms with van der Waals surface area (Å²) in [5.41, 5.74) is 3.92. The molecule has 1 aliphatic heterocycles. The van der Waals surface area contributed by atoms with E-state index in [0.717, 1.165) is 22.4 Å². The van der Waals surface area contributed by atoms with Crippen LogP contribution in [-0.2, 0) is 28.5 Å². The van der Waals surface area contributed by atoms with Gasteiger partial charge in [0.05, 0.1) is 16.6 Å². The molecule has 2 heterocycles. The highest BCUT2D eigenvalue weighted by atomic mass is 32.2. The van der Waals surface area contributed by atoms with Gasteiger partial charge in [0.1, 0.15) is 0 Å². The van der Waals surface area contributed by atoms with Gasteiger partial charge >= 0.3 is 0 Å². The maximum absolute atomic E-state index is 13.0. The molecule has 0 unspecified atom stereocenters. The monoisotopic (exact) mass is 347 g/mol. The molecule has 0 bridgehead atoms. The first-order chi connectivity index (χ1) is 11.1. The Bertz CT molecular complexity index is 876. The van der Waals surface area contributed by atoms with Crippen LogP contribution in [0.4, 0.5) is 0 Å². The average molecular weight is 347 g/mol. The van der Waals surface area contributed by atoms with Gasteiger partial charge in [-0.1, -0.05) is 17.7 Å². The second kappa shape index (κ2) is 5.70. The number of aryl methyl sites for hydroxylation is 2. The van der Waals surface area contributed by atoms with Gasteiger partial charge < -0.3 is 0 Å². The highest BCUT2D eigenvalue weighted by Gasteiger charge is 2.32. The van der Waals surface area contributed by atoms with Crippen LogP contribution in [0.1, 0.15) is 43.2 Å². The summed E-state index contributed by atoms with van der Waals surface area (Å²) in [4.78, 5) is 0.403. The highest BCUT2D eigenvalue weighted by molar-refractivity contribution is 7.89. The first kappa shape index (κ1) is 17.2. The van der Waals surface area contributed by atoms with Crippen LogP contribution in [0, 0.1) is 13.8 Å². The predicted octanol–water partition coefficient (Wildman–Crippen LogP) is 3.00. The summed E-state index contributed by atoms with van der Waals surface area (Å²) < 4.78 is 29.7. The summed E-state index contributed by atoms with van der Waals surface area (Å²) in [5.74, 6) is 0. The van der Waals surface area contributed by atoms with Gasteiger partial charge in [0.2, 0.25) is 10.0 Å². The molecule has 0 atom stereocenters. The third-order valence-corrected chi connectivity index (χ3v) is 6.49. The Hall–Kier alpha value is -1.66. The molecule has 2 aromatic rings. The smallest absolute Gasteiger partial charge is 0.243 e. The van der Waals surface area contributed by atoms with Crippen LogP contribution < -0.4 is 0 Å². The Kier molecular flexibility index (Phi) is 4.08. The van der Waals surface area contributed by atoms with Crippen molar-refractivity contribution in [2.75, 3.05) is 6.54 Å². The lowest BCUT2D eigenvalue weighted by molar-refractivity contribution is 0.325. The van der Waals surface area contributed by atoms with E-state index in [-0.39, 0.29) is 5.54 Å². The van der Waals surface area contributed by atoms with Gasteiger partial charge in [0.25, 0.3) is 0 Å². The van der Waals surface area contributed by atoms with E-state index >= 15 is 0 Å². The van der Waals surface area contributed by atoms with Crippen molar-refractivity contribution < 1.29 is 8.42 Å². The zero-order chi connectivity index (χ0) is 17.7. The third kappa shape index (κ3) is 2.89. The van der Waals surface area contributed by atoms with Crippen molar-refractivity contribution in [3.05, 3.63) is 46.8 Å². The van der Waals surface area contributed by atoms with Crippen molar-refractivity contribution in [3.63, 3.8) is 0 Å². The van der Waals surface area contributed by atoms with Crippen LogP contribution >= 0.6 is 0 Å². The minimum Gasteiger partial charge on any atom is -0.264 e. The normalized spacial score (nSPS) is 16.2. The summed E-state index contributed by atoms with van der Waals surface area (Å²) in [6.45, 7) is 11.0. The van der Waals surface area contributed by atoms with Crippen molar-refractivity contribution in [3.8, 4) is 0 Å². The molecule has 0 aliphatic carbocycles. The fourth-order valence-electron chi connectivity index (χ4n) is 3.32. The number of hydrogen-bond donors (Lipinski definition) is 0. The van der Waals surface area contributed by atoms with Crippen molar-refractivity contribution in [1.82, 2.24) is 14.1 Å². The van der Waals surface area contributed by atoms with Crippen molar-refractivity contribution in [2.24, 2.45) is 0 Å². The standard InChI is InChI=1S/C18H25N3O2S/c1-13-6-7-17(14(2)10-13)24(22,23)20-9-8-16-15(12-20)11-19-21(16)18(3,4)5/h6-7,10-11H,8-9,12H2,1-5H3. The Balaban J connectivity index is 1.94. The van der Waals surface area contributed by atoms with Crippen LogP contribution in [0.15, 0.2) is 29.3 Å². The van der Waals surface area contributed by atoms with Crippen molar-refractivity contribution in [1.29, 1.82) is 0 Å². The molecule has 6 heteroatoms. The molecule has 0 fully saturated rings. The van der Waals surface area contributed by atoms with E-state index in [2.05, 4.69) is 25.9 Å². The second-order valence-corrected chi connectivity index (χ2v) is 9.46. The molecule has 1 aliphatic rings. The molecule has 1 aromatic heterocycles. The van der Waals surface area contributed by atoms with Crippen LogP contribution in [0.2, 0.25) is 0 Å². The molecule has 0 saturated carbocycles. The number of hydrogen-bond acceptors (Lipinski definition) is 3. The van der Waals surface area contributed by atoms with Gasteiger partial charge in [-0.05, 0) is 46.2 Å². The zero-order valence-corrected chi connectivity index (χ0v) is 15.8. The molecule has 1 aromatic carbocycles. The lowest BCUT2D eigenvalue weighted by Crippen LogP contribution is -2.37. The molecule has 0 radical (unpaired) electrons. The third-order valence-electron chi connectivity index (χ3n) is 4.48. The first-order valence-corrected chi connectivity index (χ1v) is 9.68. The molecule has 130 valence electrons. The summed E-state index contributed by atoms with van der Waals surface area (Å²) >= 11 is 0. The Labute approximate surface area is 144 Å². The first-order valence-electron chi connectivity index (χ1n) is 8.24. The molecule has 0 saturated heterocycles. The van der Waals surface area contributed by atoms with Gasteiger partial charge in [0.15, 0.2) is 0 Å². The van der Waals surface area contributed by atoms with E-state index in [0.29, 0.717) is 24.4 Å². The summed E-state index contributed by atoms with van der Waals surface area (Å²) in [7, 11) is -3.48. The van der Waals surface area contributed by atoms with Crippen LogP contribution in [0.25, 0.3) is 0 Å². The number of sulfonamides is 1. The quantitative estimate of drug-likeness (QED) is 0.839. The van der Waals surface area contributed by atoms with E-state index < -0.39 is 10.0 Å². The van der Waals surface area contributed by atoms with E-state index in [1.54, 1.807) is 10.4 Å². The fourth-order valence-corrected chi connectivity index (χ4v) is 4.94. The molecule has 0 spiro atoms. The van der Waals surface area contributed by atoms with E-state index in [1.807, 2.05) is 36.9 Å². The lowest BCUT2D eigenvalue weighted by atomic mass is 10.1. The minimum absolute atomic E-state index is 0.0951. The summed E-state index contributed by atoms with van der Waals surface area (Å²) in [6.07, 6.45) is 2.50. The van der Waals surface area contributed by atoms with Gasteiger partial charge in [-0.2, -0.15) is 9.40 Å². The van der Waals surface area contributed by atoms with Crippen LogP contribution in [-0.4, -0.2) is 29.0 Å². The fraction of sp³-hybridized carbons (Fsp3) is 0.500. The van der Waals surface area contributed by atoms with Gasteiger partial charge in [-0.25, -0.2) is 8.42 Å². The van der Waals surface area contributed by atoms with Crippen molar-refractivity contribution in [2.45, 2.75) is 58.0 Å². The lowest BCUT2D eigenvalue weighted by Gasteiger charge is -2.30. The number of rotatable bonds is 2. The Morgan fingerprint density at radius 3 is 2.50 bits per heavy atom. The van der Waals surface area contributed by atoms with E-state index in [1.165, 1.54) is 0 Å². The van der Waals surface area contributed by atoms with Gasteiger partial charge in [0, 0.05) is 30.8 Å². The number of aromatic nitrogens is 2. The van der Waals surface area contributed by atoms with Crippen LogP contribution in [0.5, 0.6) is 0 Å². The molecular weight excluding hydrogens is 322 g/mol. The number of fused-ring (bicyclic) bond motifs is 1. The number of benzene rings is 1. The van der Waals surface area contributed by atoms with Gasteiger partial charge in [-0.3, -0.25) is 4.68 Å². The summed E-state index contributed by atoms with van der Waals surface area (Å²) in [6, 6.07) is 5.49. The molecule has 3 rings (SSSR count). The molecule has 5 nitrogen and oxygen atoms in total. The Morgan fingerprint density at radius 2 is 1.88 bits per heavy atom. The topological polar surface area (TPSA) is 55.2 Å². The molecular formula is C18H25N3O2S. The van der Waals surface area contributed by atoms with E-state index in [4.69, 9.17) is 0 Å². The maximum atomic E-state index is 13.0. The van der Waals surface area contributed by atoms with E-state index in [9.17, 15) is 8.42 Å². The van der Waals surface area contributed by atoms with Crippen LogP contribution in [0.3, 0.4) is 0 Å². The Morgan fingerprint density at radius 1 is 1.17 bits per heavy atom. The second-order valence-electron chi connectivity index (χ2n) is 7.56.